The number of unbranched alkanes of at least 4 members (excludes halogenated alkanes) is 7. The lowest BCUT2D eigenvalue weighted by Crippen LogP contribution is -1.73. The molecule has 0 aliphatic rings. The van der Waals surface area contributed by atoms with Crippen LogP contribution in [0.1, 0.15) is 90.9 Å². The second-order valence-corrected chi connectivity index (χ2v) is 5.94. The van der Waals surface area contributed by atoms with Crippen molar-refractivity contribution >= 4 is 0 Å². The summed E-state index contributed by atoms with van der Waals surface area (Å²) in [6.45, 7) is 4.52. The van der Waals surface area contributed by atoms with Crippen molar-refractivity contribution < 1.29 is 0 Å². The molecule has 0 atom stereocenters. The van der Waals surface area contributed by atoms with Crippen LogP contribution in [0.4, 0.5) is 0 Å². The molecule has 0 aromatic carbocycles. The molecule has 0 radical (unpaired) electrons. The second-order valence-electron chi connectivity index (χ2n) is 5.94. The van der Waals surface area contributed by atoms with Crippen LogP contribution in [0, 0.1) is 0 Å². The highest BCUT2D eigenvalue weighted by Gasteiger charge is 1.83. The fourth-order valence-electron chi connectivity index (χ4n) is 2.25. The molecule has 0 nitrogen and oxygen atoms in total. The van der Waals surface area contributed by atoms with Gasteiger partial charge in [0.2, 0.25) is 0 Å². The third-order valence-corrected chi connectivity index (χ3v) is 3.68. The molecule has 0 fully saturated rings. The summed E-state index contributed by atoms with van der Waals surface area (Å²) in [6, 6.07) is 0. The van der Waals surface area contributed by atoms with Gasteiger partial charge in [-0.1, -0.05) is 94.6 Å². The maximum Gasteiger partial charge on any atom is -0.0169 e. The van der Waals surface area contributed by atoms with Gasteiger partial charge in [0.1, 0.15) is 0 Å². The molecular weight excluding hydrogens is 264 g/mol. The molecule has 0 rings (SSSR count). The smallest absolute Gasteiger partial charge is 0.0169 e. The van der Waals surface area contributed by atoms with Crippen LogP contribution in [0.5, 0.6) is 0 Å². The Morgan fingerprint density at radius 1 is 0.409 bits per heavy atom. The van der Waals surface area contributed by atoms with Crippen molar-refractivity contribution in [2.45, 2.75) is 90.9 Å². The Morgan fingerprint density at radius 2 is 0.773 bits per heavy atom. The first-order valence-electron chi connectivity index (χ1n) is 9.51. The van der Waals surface area contributed by atoms with Gasteiger partial charge in [0.05, 0.1) is 0 Å². The van der Waals surface area contributed by atoms with Gasteiger partial charge in [-0.25, -0.2) is 0 Å². The summed E-state index contributed by atoms with van der Waals surface area (Å²) in [5, 5.41) is 0. The molecule has 0 saturated carbocycles. The van der Waals surface area contributed by atoms with E-state index in [0.717, 1.165) is 19.3 Å². The van der Waals surface area contributed by atoms with Crippen molar-refractivity contribution in [2.24, 2.45) is 0 Å². The van der Waals surface area contributed by atoms with Gasteiger partial charge in [-0.3, -0.25) is 0 Å². The summed E-state index contributed by atoms with van der Waals surface area (Å²) in [7, 11) is 0. The molecule has 22 heavy (non-hydrogen) atoms. The third-order valence-electron chi connectivity index (χ3n) is 3.68. The molecule has 0 N–H and O–H groups in total. The molecular formula is C22H38. The Morgan fingerprint density at radius 3 is 1.23 bits per heavy atom. The lowest BCUT2D eigenvalue weighted by Gasteiger charge is -1.93. The monoisotopic (exact) mass is 302 g/mol. The van der Waals surface area contributed by atoms with E-state index in [1.807, 2.05) is 0 Å². The Balaban J connectivity index is 3.35. The second kappa shape index (κ2) is 20.0. The van der Waals surface area contributed by atoms with Gasteiger partial charge in [-0.05, 0) is 44.9 Å². The molecule has 0 aliphatic carbocycles. The van der Waals surface area contributed by atoms with Crippen LogP contribution in [0.25, 0.3) is 0 Å². The van der Waals surface area contributed by atoms with E-state index < -0.39 is 0 Å². The molecule has 0 heterocycles. The molecule has 126 valence electrons. The van der Waals surface area contributed by atoms with E-state index in [2.05, 4.69) is 62.5 Å². The minimum atomic E-state index is 1.06. The molecule has 0 amide bonds. The molecule has 0 aromatic rings. The zero-order valence-corrected chi connectivity index (χ0v) is 15.1. The zero-order valence-electron chi connectivity index (χ0n) is 15.1. The summed E-state index contributed by atoms with van der Waals surface area (Å²) >= 11 is 0. The average molecular weight is 303 g/mol. The Labute approximate surface area is 140 Å². The van der Waals surface area contributed by atoms with Crippen molar-refractivity contribution in [3.8, 4) is 0 Å². The molecule has 0 heteroatoms. The van der Waals surface area contributed by atoms with Gasteiger partial charge in [-0.2, -0.15) is 0 Å². The Hall–Kier alpha value is -1.04. The van der Waals surface area contributed by atoms with Gasteiger partial charge in [0, 0.05) is 0 Å². The molecule has 0 saturated heterocycles. The van der Waals surface area contributed by atoms with Crippen molar-refractivity contribution in [1.82, 2.24) is 0 Å². The maximum absolute atomic E-state index is 2.33. The number of rotatable bonds is 15. The van der Waals surface area contributed by atoms with E-state index >= 15 is 0 Å². The molecule has 0 unspecified atom stereocenters. The van der Waals surface area contributed by atoms with E-state index in [1.165, 1.54) is 57.8 Å². The highest BCUT2D eigenvalue weighted by Crippen LogP contribution is 2.03. The maximum atomic E-state index is 2.33. The molecule has 0 bridgehead atoms. The standard InChI is InChI=1S/C22H38/c1-3-5-7-9-11-13-15-17-19-21-22-20-18-16-14-12-10-8-6-4-2/h11,13-14,16-17,19-20,22H,3-10,12,15,18,21H2,1-2H3. The average Bonchev–Trinajstić information content (AvgIpc) is 2.54. The largest absolute Gasteiger partial charge is 0.0882 e. The predicted molar refractivity (Wildman–Crippen MR) is 103 cm³/mol. The topological polar surface area (TPSA) is 0 Å². The van der Waals surface area contributed by atoms with Gasteiger partial charge in [0.25, 0.3) is 0 Å². The SMILES string of the molecule is CCCCCC=CCC=CCC=CCC=CCCCCCC. The first kappa shape index (κ1) is 21.0. The normalized spacial score (nSPS) is 12.6. The van der Waals surface area contributed by atoms with E-state index in [9.17, 15) is 0 Å². The first-order chi connectivity index (χ1) is 10.9. The fraction of sp³-hybridized carbons (Fsp3) is 0.636. The van der Waals surface area contributed by atoms with Crippen LogP contribution < -0.4 is 0 Å². The van der Waals surface area contributed by atoms with E-state index in [-0.39, 0.29) is 0 Å². The highest BCUT2D eigenvalue weighted by atomic mass is 13.9. The van der Waals surface area contributed by atoms with Crippen LogP contribution in [0.15, 0.2) is 48.6 Å². The third kappa shape index (κ3) is 19.0. The summed E-state index contributed by atoms with van der Waals surface area (Å²) < 4.78 is 0. The molecule has 0 aromatic heterocycles. The van der Waals surface area contributed by atoms with Crippen LogP contribution in [0.3, 0.4) is 0 Å². The van der Waals surface area contributed by atoms with Gasteiger partial charge < -0.3 is 0 Å². The number of allylic oxidation sites excluding steroid dienone is 8. The number of hydrogen-bond acceptors (Lipinski definition) is 0. The van der Waals surface area contributed by atoms with Gasteiger partial charge >= 0.3 is 0 Å². The van der Waals surface area contributed by atoms with Crippen molar-refractivity contribution in [2.75, 3.05) is 0 Å². The quantitative estimate of drug-likeness (QED) is 0.213. The summed E-state index contributed by atoms with van der Waals surface area (Å²) in [5.41, 5.74) is 0. The van der Waals surface area contributed by atoms with Crippen LogP contribution >= 0.6 is 0 Å². The van der Waals surface area contributed by atoms with E-state index in [4.69, 9.17) is 0 Å². The van der Waals surface area contributed by atoms with E-state index in [0.29, 0.717) is 0 Å². The molecule has 0 aliphatic heterocycles. The van der Waals surface area contributed by atoms with Crippen molar-refractivity contribution in [1.29, 1.82) is 0 Å². The first-order valence-corrected chi connectivity index (χ1v) is 9.51. The van der Waals surface area contributed by atoms with Gasteiger partial charge in [0.15, 0.2) is 0 Å². The molecule has 0 spiro atoms. The fourth-order valence-corrected chi connectivity index (χ4v) is 2.25. The minimum Gasteiger partial charge on any atom is -0.0882 e. The van der Waals surface area contributed by atoms with Crippen LogP contribution in [-0.4, -0.2) is 0 Å². The summed E-state index contributed by atoms with van der Waals surface area (Å²) in [6.07, 6.45) is 33.5. The predicted octanol–water partition coefficient (Wildman–Crippen LogP) is 7.93. The van der Waals surface area contributed by atoms with Crippen LogP contribution in [-0.2, 0) is 0 Å². The van der Waals surface area contributed by atoms with E-state index in [1.54, 1.807) is 0 Å². The lowest BCUT2D eigenvalue weighted by molar-refractivity contribution is 0.674. The highest BCUT2D eigenvalue weighted by molar-refractivity contribution is 4.99. The van der Waals surface area contributed by atoms with Crippen molar-refractivity contribution in [3.63, 3.8) is 0 Å². The Kier molecular flexibility index (Phi) is 19.0. The van der Waals surface area contributed by atoms with Gasteiger partial charge in [-0.15, -0.1) is 0 Å². The minimum absolute atomic E-state index is 1.06. The lowest BCUT2D eigenvalue weighted by atomic mass is 10.1. The zero-order chi connectivity index (χ0) is 16.1. The van der Waals surface area contributed by atoms with Crippen LogP contribution in [0.2, 0.25) is 0 Å². The Bertz CT molecular complexity index is 304. The summed E-state index contributed by atoms with van der Waals surface area (Å²) in [4.78, 5) is 0. The number of hydrogen-bond donors (Lipinski definition) is 0. The van der Waals surface area contributed by atoms with Crippen molar-refractivity contribution in [3.05, 3.63) is 48.6 Å². The summed E-state index contributed by atoms with van der Waals surface area (Å²) in [5.74, 6) is 0.